The number of carbonyl (C=O) groups is 2. The SMILES string of the molecule is CCCCCCCCCOC(=O)CCCC(=O)OCCOCC. The molecule has 0 aromatic rings. The maximum atomic E-state index is 11.5. The van der Waals surface area contributed by atoms with Crippen molar-refractivity contribution in [3.63, 3.8) is 0 Å². The van der Waals surface area contributed by atoms with E-state index < -0.39 is 0 Å². The van der Waals surface area contributed by atoms with Crippen LogP contribution in [0.1, 0.15) is 78.1 Å². The monoisotopic (exact) mass is 330 g/mol. The van der Waals surface area contributed by atoms with E-state index in [9.17, 15) is 9.59 Å². The van der Waals surface area contributed by atoms with Crippen LogP contribution in [-0.4, -0.2) is 38.4 Å². The molecule has 23 heavy (non-hydrogen) atoms. The largest absolute Gasteiger partial charge is 0.466 e. The van der Waals surface area contributed by atoms with Crippen molar-refractivity contribution in [1.29, 1.82) is 0 Å². The van der Waals surface area contributed by atoms with E-state index >= 15 is 0 Å². The Morgan fingerprint density at radius 3 is 1.83 bits per heavy atom. The summed E-state index contributed by atoms with van der Waals surface area (Å²) < 4.78 is 15.2. The van der Waals surface area contributed by atoms with Gasteiger partial charge in [-0.25, -0.2) is 0 Å². The Hall–Kier alpha value is -1.10. The predicted octanol–water partition coefficient (Wildman–Crippen LogP) is 4.03. The summed E-state index contributed by atoms with van der Waals surface area (Å²) in [5.41, 5.74) is 0. The highest BCUT2D eigenvalue weighted by molar-refractivity contribution is 5.72. The third-order valence-electron chi connectivity index (χ3n) is 3.47. The fourth-order valence-electron chi connectivity index (χ4n) is 2.13. The van der Waals surface area contributed by atoms with Crippen LogP contribution in [0.25, 0.3) is 0 Å². The minimum Gasteiger partial charge on any atom is -0.466 e. The zero-order chi connectivity index (χ0) is 17.2. The molecule has 0 atom stereocenters. The lowest BCUT2D eigenvalue weighted by Crippen LogP contribution is -2.11. The molecule has 0 rings (SSSR count). The van der Waals surface area contributed by atoms with Gasteiger partial charge in [0.2, 0.25) is 0 Å². The molecular formula is C18H34O5. The lowest BCUT2D eigenvalue weighted by atomic mass is 10.1. The normalized spacial score (nSPS) is 10.5. The number of hydrogen-bond donors (Lipinski definition) is 0. The molecular weight excluding hydrogens is 296 g/mol. The molecule has 0 unspecified atom stereocenters. The summed E-state index contributed by atoms with van der Waals surface area (Å²) in [4.78, 5) is 22.9. The molecule has 0 aromatic heterocycles. The second-order valence-corrected chi connectivity index (χ2v) is 5.61. The molecule has 0 aromatic carbocycles. The Bertz CT molecular complexity index is 291. The average Bonchev–Trinajstić information content (AvgIpc) is 2.54. The molecule has 0 radical (unpaired) electrons. The van der Waals surface area contributed by atoms with E-state index in [-0.39, 0.29) is 31.4 Å². The molecule has 136 valence electrons. The second-order valence-electron chi connectivity index (χ2n) is 5.61. The van der Waals surface area contributed by atoms with E-state index in [2.05, 4.69) is 6.92 Å². The highest BCUT2D eigenvalue weighted by Gasteiger charge is 2.07. The maximum Gasteiger partial charge on any atom is 0.305 e. The molecule has 0 heterocycles. The van der Waals surface area contributed by atoms with Crippen LogP contribution in [0.3, 0.4) is 0 Å². The molecule has 0 bridgehead atoms. The van der Waals surface area contributed by atoms with Gasteiger partial charge in [0.1, 0.15) is 6.61 Å². The first kappa shape index (κ1) is 21.9. The Morgan fingerprint density at radius 1 is 0.652 bits per heavy atom. The Kier molecular flexibility index (Phi) is 16.4. The van der Waals surface area contributed by atoms with Gasteiger partial charge in [-0.05, 0) is 19.8 Å². The number of esters is 2. The zero-order valence-electron chi connectivity index (χ0n) is 14.9. The van der Waals surface area contributed by atoms with Gasteiger partial charge in [0.25, 0.3) is 0 Å². The van der Waals surface area contributed by atoms with Gasteiger partial charge >= 0.3 is 11.9 Å². The number of rotatable bonds is 16. The van der Waals surface area contributed by atoms with Crippen molar-refractivity contribution in [3.8, 4) is 0 Å². The Balaban J connectivity index is 3.31. The van der Waals surface area contributed by atoms with Gasteiger partial charge < -0.3 is 14.2 Å². The van der Waals surface area contributed by atoms with Crippen LogP contribution in [0, 0.1) is 0 Å². The molecule has 0 aliphatic heterocycles. The molecule has 0 fully saturated rings. The maximum absolute atomic E-state index is 11.5. The first-order valence-electron chi connectivity index (χ1n) is 9.09. The molecule has 0 saturated heterocycles. The molecule has 0 aliphatic rings. The lowest BCUT2D eigenvalue weighted by Gasteiger charge is -2.06. The van der Waals surface area contributed by atoms with Crippen molar-refractivity contribution >= 4 is 11.9 Å². The minimum absolute atomic E-state index is 0.224. The quantitative estimate of drug-likeness (QED) is 0.316. The van der Waals surface area contributed by atoms with Crippen molar-refractivity contribution in [2.75, 3.05) is 26.4 Å². The summed E-state index contributed by atoms with van der Waals surface area (Å²) in [6, 6.07) is 0. The van der Waals surface area contributed by atoms with Gasteiger partial charge in [0, 0.05) is 19.4 Å². The molecule has 0 spiro atoms. The zero-order valence-corrected chi connectivity index (χ0v) is 14.9. The van der Waals surface area contributed by atoms with Crippen molar-refractivity contribution in [1.82, 2.24) is 0 Å². The summed E-state index contributed by atoms with van der Waals surface area (Å²) in [5, 5.41) is 0. The third-order valence-corrected chi connectivity index (χ3v) is 3.47. The fourth-order valence-corrected chi connectivity index (χ4v) is 2.13. The van der Waals surface area contributed by atoms with Crippen molar-refractivity contribution < 1.29 is 23.8 Å². The van der Waals surface area contributed by atoms with E-state index in [0.717, 1.165) is 12.8 Å². The topological polar surface area (TPSA) is 61.8 Å². The minimum atomic E-state index is -0.287. The smallest absolute Gasteiger partial charge is 0.305 e. The summed E-state index contributed by atoms with van der Waals surface area (Å²) in [7, 11) is 0. The number of unbranched alkanes of at least 4 members (excludes halogenated alkanes) is 6. The highest BCUT2D eigenvalue weighted by Crippen LogP contribution is 2.07. The van der Waals surface area contributed by atoms with Crippen molar-refractivity contribution in [2.24, 2.45) is 0 Å². The Labute approximate surface area is 141 Å². The lowest BCUT2D eigenvalue weighted by molar-refractivity contribution is -0.146. The van der Waals surface area contributed by atoms with Gasteiger partial charge in [-0.2, -0.15) is 0 Å². The first-order chi connectivity index (χ1) is 11.2. The second kappa shape index (κ2) is 17.3. The Morgan fingerprint density at radius 2 is 1.22 bits per heavy atom. The van der Waals surface area contributed by atoms with Crippen LogP contribution < -0.4 is 0 Å². The van der Waals surface area contributed by atoms with Gasteiger partial charge in [0.15, 0.2) is 0 Å². The molecule has 0 N–H and O–H groups in total. The van der Waals surface area contributed by atoms with Gasteiger partial charge in [-0.1, -0.05) is 45.4 Å². The van der Waals surface area contributed by atoms with E-state index in [0.29, 0.717) is 26.2 Å². The number of carbonyl (C=O) groups excluding carboxylic acids is 2. The third kappa shape index (κ3) is 17.1. The summed E-state index contributed by atoms with van der Waals surface area (Å²) in [6.07, 6.45) is 9.40. The van der Waals surface area contributed by atoms with Crippen LogP contribution in [0.2, 0.25) is 0 Å². The predicted molar refractivity (Wildman–Crippen MR) is 90.3 cm³/mol. The van der Waals surface area contributed by atoms with E-state index in [1.807, 2.05) is 6.92 Å². The molecule has 5 nitrogen and oxygen atoms in total. The summed E-state index contributed by atoms with van der Waals surface area (Å²) in [6.45, 7) is 5.89. The first-order valence-corrected chi connectivity index (χ1v) is 9.09. The summed E-state index contributed by atoms with van der Waals surface area (Å²) >= 11 is 0. The van der Waals surface area contributed by atoms with Gasteiger partial charge in [-0.15, -0.1) is 0 Å². The number of hydrogen-bond acceptors (Lipinski definition) is 5. The van der Waals surface area contributed by atoms with Crippen LogP contribution in [0.15, 0.2) is 0 Å². The fraction of sp³-hybridized carbons (Fsp3) is 0.889. The van der Waals surface area contributed by atoms with Crippen LogP contribution in [-0.2, 0) is 23.8 Å². The van der Waals surface area contributed by atoms with Crippen molar-refractivity contribution in [3.05, 3.63) is 0 Å². The summed E-state index contributed by atoms with van der Waals surface area (Å²) in [5.74, 6) is -0.511. The molecule has 0 aliphatic carbocycles. The van der Waals surface area contributed by atoms with Gasteiger partial charge in [0.05, 0.1) is 13.2 Å². The average molecular weight is 330 g/mol. The van der Waals surface area contributed by atoms with Crippen LogP contribution in [0.5, 0.6) is 0 Å². The van der Waals surface area contributed by atoms with Crippen molar-refractivity contribution in [2.45, 2.75) is 78.1 Å². The van der Waals surface area contributed by atoms with E-state index in [4.69, 9.17) is 14.2 Å². The standard InChI is InChI=1S/C18H34O5/c1-3-5-6-7-8-9-10-14-22-17(19)12-11-13-18(20)23-16-15-21-4-2/h3-16H2,1-2H3. The van der Waals surface area contributed by atoms with E-state index in [1.165, 1.54) is 32.1 Å². The molecule has 0 saturated carbocycles. The van der Waals surface area contributed by atoms with Gasteiger partial charge in [-0.3, -0.25) is 9.59 Å². The van der Waals surface area contributed by atoms with Crippen LogP contribution in [0.4, 0.5) is 0 Å². The molecule has 5 heteroatoms. The number of ether oxygens (including phenoxy) is 3. The molecule has 0 amide bonds. The van der Waals surface area contributed by atoms with Crippen LogP contribution >= 0.6 is 0 Å². The van der Waals surface area contributed by atoms with E-state index in [1.54, 1.807) is 0 Å². The highest BCUT2D eigenvalue weighted by atomic mass is 16.6.